The lowest BCUT2D eigenvalue weighted by Crippen LogP contribution is -2.25. The van der Waals surface area contributed by atoms with Crippen LogP contribution < -0.4 is 10.6 Å². The Morgan fingerprint density at radius 1 is 1.26 bits per heavy atom. The van der Waals surface area contributed by atoms with E-state index in [4.69, 9.17) is 0 Å². The van der Waals surface area contributed by atoms with Crippen molar-refractivity contribution in [1.82, 2.24) is 15.3 Å². The number of aryl methyl sites for hydroxylation is 1. The van der Waals surface area contributed by atoms with E-state index in [2.05, 4.69) is 27.5 Å². The molecule has 0 radical (unpaired) electrons. The minimum absolute atomic E-state index is 0.263. The van der Waals surface area contributed by atoms with Crippen LogP contribution in [0, 0.1) is 12.7 Å². The summed E-state index contributed by atoms with van der Waals surface area (Å²) in [6.07, 6.45) is 0.954. The average Bonchev–Trinajstić information content (AvgIpc) is 2.53. The molecule has 1 aromatic carbocycles. The molecule has 0 saturated carbocycles. The van der Waals surface area contributed by atoms with Gasteiger partial charge in [0.15, 0.2) is 0 Å². The van der Waals surface area contributed by atoms with Crippen LogP contribution >= 0.6 is 0 Å². The Morgan fingerprint density at radius 3 is 2.61 bits per heavy atom. The molecule has 2 aromatic rings. The lowest BCUT2D eigenvalue weighted by atomic mass is 10.2. The summed E-state index contributed by atoms with van der Waals surface area (Å²) in [5.41, 5.74) is 1.13. The fourth-order valence-electron chi connectivity index (χ4n) is 1.99. The first-order valence-electron chi connectivity index (χ1n) is 7.62. The fraction of sp³-hybridized carbons (Fsp3) is 0.353. The van der Waals surface area contributed by atoms with Gasteiger partial charge in [0.1, 0.15) is 23.2 Å². The van der Waals surface area contributed by atoms with E-state index in [1.807, 2.05) is 6.92 Å². The molecule has 0 saturated heterocycles. The van der Waals surface area contributed by atoms with Gasteiger partial charge in [0.2, 0.25) is 0 Å². The first kappa shape index (κ1) is 16.9. The van der Waals surface area contributed by atoms with Crippen molar-refractivity contribution in [1.29, 1.82) is 0 Å². The van der Waals surface area contributed by atoms with E-state index in [0.29, 0.717) is 23.9 Å². The minimum atomic E-state index is -0.299. The third-order valence-corrected chi connectivity index (χ3v) is 3.44. The maximum absolute atomic E-state index is 12.9. The van der Waals surface area contributed by atoms with Crippen LogP contribution in [0.3, 0.4) is 0 Å². The molecule has 1 aromatic heterocycles. The number of hydrogen-bond donors (Lipinski definition) is 2. The van der Waals surface area contributed by atoms with Crippen LogP contribution in [0.1, 0.15) is 42.1 Å². The summed E-state index contributed by atoms with van der Waals surface area (Å²) >= 11 is 0. The molecule has 2 rings (SSSR count). The molecule has 23 heavy (non-hydrogen) atoms. The second kappa shape index (κ2) is 7.67. The number of carbonyl (C=O) groups is 1. The molecule has 0 aliphatic heterocycles. The van der Waals surface area contributed by atoms with Gasteiger partial charge in [-0.1, -0.05) is 19.1 Å². The molecule has 1 heterocycles. The van der Waals surface area contributed by atoms with Gasteiger partial charge in [-0.25, -0.2) is 14.4 Å². The molecule has 2 N–H and O–H groups in total. The third-order valence-electron chi connectivity index (χ3n) is 3.44. The molecule has 1 amide bonds. The summed E-state index contributed by atoms with van der Waals surface area (Å²) in [6, 6.07) is 7.90. The molecule has 1 atom stereocenters. The van der Waals surface area contributed by atoms with Gasteiger partial charge in [0.25, 0.3) is 5.91 Å². The molecular formula is C17H21FN4O. The van der Waals surface area contributed by atoms with Gasteiger partial charge in [-0.05, 0) is 38.0 Å². The highest BCUT2D eigenvalue weighted by Gasteiger charge is 2.11. The van der Waals surface area contributed by atoms with E-state index < -0.39 is 0 Å². The molecule has 0 aliphatic rings. The van der Waals surface area contributed by atoms with Crippen molar-refractivity contribution < 1.29 is 9.18 Å². The number of rotatable bonds is 6. The number of nitrogens with zero attached hydrogens (tertiary/aromatic N) is 2. The summed E-state index contributed by atoms with van der Waals surface area (Å²) < 4.78 is 12.9. The van der Waals surface area contributed by atoms with E-state index in [1.54, 1.807) is 25.1 Å². The van der Waals surface area contributed by atoms with Gasteiger partial charge in [-0.15, -0.1) is 0 Å². The Labute approximate surface area is 135 Å². The summed E-state index contributed by atoms with van der Waals surface area (Å²) in [5.74, 6) is 0.586. The Kier molecular flexibility index (Phi) is 5.62. The smallest absolute Gasteiger partial charge is 0.270 e. The van der Waals surface area contributed by atoms with Crippen LogP contribution in [-0.4, -0.2) is 21.9 Å². The highest BCUT2D eigenvalue weighted by atomic mass is 19.1. The van der Waals surface area contributed by atoms with Crippen molar-refractivity contribution in [2.24, 2.45) is 0 Å². The van der Waals surface area contributed by atoms with Gasteiger partial charge in [0.05, 0.1) is 0 Å². The van der Waals surface area contributed by atoms with Crippen LogP contribution in [0.4, 0.5) is 10.2 Å². The SMILES string of the molecule is CCC(C)Nc1cc(C(=O)NCc2ccc(F)cc2)nc(C)n1. The fourth-order valence-corrected chi connectivity index (χ4v) is 1.99. The molecular weight excluding hydrogens is 295 g/mol. The molecule has 0 fully saturated rings. The standard InChI is InChI=1S/C17H21FN4O/c1-4-11(2)20-16-9-15(21-12(3)22-16)17(23)19-10-13-5-7-14(18)8-6-13/h5-9,11H,4,10H2,1-3H3,(H,19,23)(H,20,21,22). The molecule has 1 unspecified atom stereocenters. The minimum Gasteiger partial charge on any atom is -0.368 e. The van der Waals surface area contributed by atoms with Crippen molar-refractivity contribution in [3.05, 3.63) is 53.2 Å². The summed E-state index contributed by atoms with van der Waals surface area (Å²) in [5, 5.41) is 6.01. The molecule has 6 heteroatoms. The maximum Gasteiger partial charge on any atom is 0.270 e. The highest BCUT2D eigenvalue weighted by Crippen LogP contribution is 2.10. The van der Waals surface area contributed by atoms with Crippen LogP contribution in [0.25, 0.3) is 0 Å². The zero-order valence-electron chi connectivity index (χ0n) is 13.6. The Morgan fingerprint density at radius 2 is 1.96 bits per heavy atom. The average molecular weight is 316 g/mol. The van der Waals surface area contributed by atoms with Gasteiger partial charge in [-0.2, -0.15) is 0 Å². The predicted octanol–water partition coefficient (Wildman–Crippen LogP) is 3.06. The van der Waals surface area contributed by atoms with Crippen LogP contribution in [0.2, 0.25) is 0 Å². The number of aromatic nitrogens is 2. The monoisotopic (exact) mass is 316 g/mol. The van der Waals surface area contributed by atoms with Crippen molar-refractivity contribution in [2.45, 2.75) is 39.8 Å². The normalized spacial score (nSPS) is 11.8. The summed E-state index contributed by atoms with van der Waals surface area (Å²) in [6.45, 7) is 6.18. The van der Waals surface area contributed by atoms with Gasteiger partial charge in [0, 0.05) is 18.7 Å². The van der Waals surface area contributed by atoms with Crippen LogP contribution in [-0.2, 0) is 6.54 Å². The maximum atomic E-state index is 12.9. The number of anilines is 1. The van der Waals surface area contributed by atoms with Gasteiger partial charge in [-0.3, -0.25) is 4.79 Å². The molecule has 0 spiro atoms. The predicted molar refractivity (Wildman–Crippen MR) is 87.7 cm³/mol. The summed E-state index contributed by atoms with van der Waals surface area (Å²) in [4.78, 5) is 20.7. The number of halogens is 1. The van der Waals surface area contributed by atoms with Crippen LogP contribution in [0.15, 0.2) is 30.3 Å². The zero-order chi connectivity index (χ0) is 16.8. The largest absolute Gasteiger partial charge is 0.368 e. The van der Waals surface area contributed by atoms with E-state index in [9.17, 15) is 9.18 Å². The Balaban J connectivity index is 2.04. The van der Waals surface area contributed by atoms with E-state index in [0.717, 1.165) is 12.0 Å². The quantitative estimate of drug-likeness (QED) is 0.859. The second-order valence-corrected chi connectivity index (χ2v) is 5.45. The lowest BCUT2D eigenvalue weighted by Gasteiger charge is -2.13. The molecule has 0 aliphatic carbocycles. The van der Waals surface area contributed by atoms with E-state index >= 15 is 0 Å². The lowest BCUT2D eigenvalue weighted by molar-refractivity contribution is 0.0945. The first-order valence-corrected chi connectivity index (χ1v) is 7.62. The second-order valence-electron chi connectivity index (χ2n) is 5.45. The Hall–Kier alpha value is -2.50. The first-order chi connectivity index (χ1) is 11.0. The highest BCUT2D eigenvalue weighted by molar-refractivity contribution is 5.92. The number of nitrogens with one attached hydrogen (secondary N) is 2. The number of carbonyl (C=O) groups excluding carboxylic acids is 1. The molecule has 0 bridgehead atoms. The van der Waals surface area contributed by atoms with Crippen molar-refractivity contribution in [2.75, 3.05) is 5.32 Å². The van der Waals surface area contributed by atoms with Crippen molar-refractivity contribution in [3.63, 3.8) is 0 Å². The van der Waals surface area contributed by atoms with E-state index in [1.165, 1.54) is 12.1 Å². The van der Waals surface area contributed by atoms with Gasteiger partial charge >= 0.3 is 0 Å². The number of amides is 1. The van der Waals surface area contributed by atoms with Crippen molar-refractivity contribution >= 4 is 11.7 Å². The summed E-state index contributed by atoms with van der Waals surface area (Å²) in [7, 11) is 0. The topological polar surface area (TPSA) is 66.9 Å². The zero-order valence-corrected chi connectivity index (χ0v) is 13.6. The Bertz CT molecular complexity index is 673. The number of hydrogen-bond acceptors (Lipinski definition) is 4. The third kappa shape index (κ3) is 5.02. The van der Waals surface area contributed by atoms with Gasteiger partial charge < -0.3 is 10.6 Å². The molecule has 5 nitrogen and oxygen atoms in total. The molecule has 122 valence electrons. The van der Waals surface area contributed by atoms with Crippen LogP contribution in [0.5, 0.6) is 0 Å². The van der Waals surface area contributed by atoms with Crippen molar-refractivity contribution in [3.8, 4) is 0 Å². The van der Waals surface area contributed by atoms with E-state index in [-0.39, 0.29) is 17.8 Å². The number of benzene rings is 1.